The normalized spacial score (nSPS) is 29.1. The lowest BCUT2D eigenvalue weighted by atomic mass is 9.73. The number of rotatable bonds is 11. The molecule has 0 aromatic carbocycles. The summed E-state index contributed by atoms with van der Waals surface area (Å²) in [5, 5.41) is 15.1. The molecule has 54 heavy (non-hydrogen) atoms. The van der Waals surface area contributed by atoms with Crippen molar-refractivity contribution in [2.75, 3.05) is 6.54 Å². The number of nitrogens with one attached hydrogen (secondary N) is 5. The van der Waals surface area contributed by atoms with Crippen LogP contribution >= 0.6 is 0 Å². The molecule has 1 saturated heterocycles. The number of nitrogens with zero attached hydrogens (tertiary/aromatic N) is 2. The first-order valence-electron chi connectivity index (χ1n) is 19.2. The second-order valence-electron chi connectivity index (χ2n) is 19.4. The van der Waals surface area contributed by atoms with E-state index in [4.69, 9.17) is 0 Å². The van der Waals surface area contributed by atoms with E-state index in [-0.39, 0.29) is 22.7 Å². The fraction of sp³-hybridized carbons (Fsp3) is 0.744. The molecule has 6 atom stereocenters. The molecule has 15 heteroatoms. The minimum absolute atomic E-state index is 0.0321. The number of H-pyrrole nitrogens is 1. The third-order valence-corrected chi connectivity index (χ3v) is 15.6. The predicted octanol–water partition coefficient (Wildman–Crippen LogP) is 3.17. The number of sulfonamides is 1. The van der Waals surface area contributed by atoms with Crippen LogP contribution in [0.3, 0.4) is 0 Å². The molecule has 5 fully saturated rings. The maximum Gasteiger partial charge on any atom is 0.259 e. The van der Waals surface area contributed by atoms with Gasteiger partial charge < -0.3 is 20.9 Å². The maximum atomic E-state index is 15.0. The molecular weight excluding hydrogens is 711 g/mol. The summed E-state index contributed by atoms with van der Waals surface area (Å²) in [6.45, 7) is 23.0. The van der Waals surface area contributed by atoms with Gasteiger partial charge in [-0.15, -0.1) is 6.58 Å². The number of aromatic nitrogens is 2. The Kier molecular flexibility index (Phi) is 9.34. The number of carbonyl (C=O) groups excluding carboxylic acids is 5. The highest BCUT2D eigenvalue weighted by Gasteiger charge is 2.85. The number of hydrogen-bond donors (Lipinski definition) is 5. The summed E-state index contributed by atoms with van der Waals surface area (Å²) in [5.41, 5.74) is -2.20. The predicted molar refractivity (Wildman–Crippen MR) is 202 cm³/mol. The van der Waals surface area contributed by atoms with Gasteiger partial charge >= 0.3 is 0 Å². The Balaban J connectivity index is 1.29. The molecule has 0 unspecified atom stereocenters. The molecule has 2 spiro atoms. The van der Waals surface area contributed by atoms with Crippen molar-refractivity contribution in [2.45, 2.75) is 143 Å². The number of amides is 5. The van der Waals surface area contributed by atoms with Gasteiger partial charge in [0.1, 0.15) is 23.7 Å². The van der Waals surface area contributed by atoms with E-state index < -0.39 is 85.2 Å². The molecule has 298 valence electrons. The fourth-order valence-corrected chi connectivity index (χ4v) is 11.3. The molecule has 1 aliphatic heterocycles. The Hall–Kier alpha value is -3.75. The smallest absolute Gasteiger partial charge is 0.259 e. The van der Waals surface area contributed by atoms with Crippen LogP contribution < -0.4 is 20.7 Å². The van der Waals surface area contributed by atoms with Crippen molar-refractivity contribution in [1.29, 1.82) is 0 Å². The second kappa shape index (κ2) is 12.6. The van der Waals surface area contributed by atoms with Gasteiger partial charge in [-0.25, -0.2) is 8.42 Å². The third kappa shape index (κ3) is 6.16. The maximum absolute atomic E-state index is 15.0. The number of aryl methyl sites for hydroxylation is 2. The molecule has 4 aliphatic carbocycles. The van der Waals surface area contributed by atoms with Crippen LogP contribution in [0.5, 0.6) is 0 Å². The van der Waals surface area contributed by atoms with Crippen LogP contribution in [-0.2, 0) is 29.2 Å². The molecule has 5 N–H and O–H groups in total. The van der Waals surface area contributed by atoms with Crippen molar-refractivity contribution in [3.63, 3.8) is 0 Å². The SMILES string of the molecule is C=C[C@@H]1C[C@]1(NC(=O)[C@@H]1C[C@@]2(CN1C(=O)[C@@H](NC(=O)[C@@H](NC(=O)c1c(C)n[nH]c1C)C(C)(C)C)C(C)(C)C)C(C)(C)C21CCC1)C(=O)NS(=O)(=O)C1CC1. The van der Waals surface area contributed by atoms with E-state index in [0.717, 1.165) is 19.3 Å². The Labute approximate surface area is 319 Å². The Morgan fingerprint density at radius 1 is 0.944 bits per heavy atom. The van der Waals surface area contributed by atoms with Crippen LogP contribution in [0.15, 0.2) is 12.7 Å². The van der Waals surface area contributed by atoms with Crippen molar-refractivity contribution in [2.24, 2.45) is 33.0 Å². The van der Waals surface area contributed by atoms with Crippen molar-refractivity contribution in [3.8, 4) is 0 Å². The van der Waals surface area contributed by atoms with Gasteiger partial charge in [0.15, 0.2) is 0 Å². The van der Waals surface area contributed by atoms with Gasteiger partial charge in [0.05, 0.1) is 16.5 Å². The average Bonchev–Trinajstić information content (AvgIpc) is 3.97. The molecule has 1 aromatic heterocycles. The van der Waals surface area contributed by atoms with Crippen molar-refractivity contribution in [3.05, 3.63) is 29.6 Å². The van der Waals surface area contributed by atoms with Crippen LogP contribution in [-0.4, -0.2) is 88.5 Å². The monoisotopic (exact) mass is 769 g/mol. The largest absolute Gasteiger partial charge is 0.342 e. The van der Waals surface area contributed by atoms with Crippen LogP contribution in [0, 0.1) is 46.8 Å². The number of aromatic amines is 1. The van der Waals surface area contributed by atoms with E-state index >= 15 is 4.79 Å². The number of carbonyl (C=O) groups is 5. The molecule has 0 bridgehead atoms. The molecule has 14 nitrogen and oxygen atoms in total. The highest BCUT2D eigenvalue weighted by Crippen LogP contribution is 2.88. The molecule has 1 aromatic rings. The highest BCUT2D eigenvalue weighted by molar-refractivity contribution is 7.91. The van der Waals surface area contributed by atoms with E-state index in [2.05, 4.69) is 51.3 Å². The summed E-state index contributed by atoms with van der Waals surface area (Å²) in [4.78, 5) is 72.5. The van der Waals surface area contributed by atoms with E-state index in [1.165, 1.54) is 0 Å². The summed E-state index contributed by atoms with van der Waals surface area (Å²) in [5.74, 6) is -3.25. The minimum atomic E-state index is -3.88. The van der Waals surface area contributed by atoms with Gasteiger partial charge in [-0.2, -0.15) is 5.10 Å². The summed E-state index contributed by atoms with van der Waals surface area (Å²) in [6.07, 6.45) is 6.10. The number of fused-ring (bicyclic) bond motifs is 1. The standard InChI is InChI=1S/C39H59N7O7S/c1-12-23-18-39(23,33(51)45-54(52,53)24-14-15-24)42-29(47)25-19-38(36(10,11)37(38)16-13-17-37)20-46(25)32(50)28(35(7,8)9)41-31(49)27(34(4,5)6)40-30(48)26-21(2)43-44-22(26)3/h12,23-25,27-28H,1,13-20H2,2-11H3,(H,40,48)(H,41,49)(H,42,47)(H,43,44)(H,45,51)/t23-,25+,27-,28-,38-,39-/m1/s1. The average molecular weight is 770 g/mol. The highest BCUT2D eigenvalue weighted by atomic mass is 32.2. The molecule has 2 heterocycles. The first kappa shape index (κ1) is 39.9. The topological polar surface area (TPSA) is 200 Å². The van der Waals surface area contributed by atoms with Crippen LogP contribution in [0.1, 0.15) is 122 Å². The molecule has 5 amide bonds. The lowest BCUT2D eigenvalue weighted by molar-refractivity contribution is -0.145. The lowest BCUT2D eigenvalue weighted by Crippen LogP contribution is -2.63. The van der Waals surface area contributed by atoms with Gasteiger partial charge in [-0.1, -0.05) is 67.9 Å². The zero-order valence-corrected chi connectivity index (χ0v) is 34.3. The fourth-order valence-electron chi connectivity index (χ4n) is 9.89. The lowest BCUT2D eigenvalue weighted by Gasteiger charge is -2.38. The van der Waals surface area contributed by atoms with Crippen LogP contribution in [0.2, 0.25) is 0 Å². The summed E-state index contributed by atoms with van der Waals surface area (Å²) in [7, 11) is -3.88. The Morgan fingerprint density at radius 3 is 2.00 bits per heavy atom. The van der Waals surface area contributed by atoms with Crippen LogP contribution in [0.25, 0.3) is 0 Å². The Bertz CT molecular complexity index is 1880. The van der Waals surface area contributed by atoms with Gasteiger partial charge in [-0.05, 0) is 74.0 Å². The number of likely N-dealkylation sites (tertiary alicyclic amines) is 1. The van der Waals surface area contributed by atoms with Gasteiger partial charge in [0, 0.05) is 23.6 Å². The van der Waals surface area contributed by atoms with Crippen molar-refractivity contribution < 1.29 is 32.4 Å². The molecule has 5 aliphatic rings. The van der Waals surface area contributed by atoms with Crippen molar-refractivity contribution >= 4 is 39.6 Å². The summed E-state index contributed by atoms with van der Waals surface area (Å²) >= 11 is 0. The minimum Gasteiger partial charge on any atom is -0.342 e. The zero-order valence-electron chi connectivity index (χ0n) is 33.5. The summed E-state index contributed by atoms with van der Waals surface area (Å²) < 4.78 is 27.7. The van der Waals surface area contributed by atoms with E-state index in [1.807, 2.05) is 41.5 Å². The molecule has 0 radical (unpaired) electrons. The molecule has 6 rings (SSSR count). The van der Waals surface area contributed by atoms with Gasteiger partial charge in [-0.3, -0.25) is 33.8 Å². The molecule has 4 saturated carbocycles. The van der Waals surface area contributed by atoms with Gasteiger partial charge in [0.25, 0.3) is 11.8 Å². The zero-order chi connectivity index (χ0) is 40.2. The molecular formula is C39H59N7O7S. The second-order valence-corrected chi connectivity index (χ2v) is 21.4. The Morgan fingerprint density at radius 2 is 1.56 bits per heavy atom. The summed E-state index contributed by atoms with van der Waals surface area (Å²) in [6, 6.07) is -3.09. The number of hydrogen-bond acceptors (Lipinski definition) is 8. The van der Waals surface area contributed by atoms with Crippen LogP contribution in [0.4, 0.5) is 0 Å². The van der Waals surface area contributed by atoms with Crippen molar-refractivity contribution in [1.82, 2.24) is 35.8 Å². The third-order valence-electron chi connectivity index (χ3n) is 13.8. The van der Waals surface area contributed by atoms with Gasteiger partial charge in [0.2, 0.25) is 27.7 Å². The first-order chi connectivity index (χ1) is 24.8. The first-order valence-corrected chi connectivity index (χ1v) is 20.8. The van der Waals surface area contributed by atoms with E-state index in [1.54, 1.807) is 24.8 Å². The quantitative estimate of drug-likeness (QED) is 0.212. The van der Waals surface area contributed by atoms with E-state index in [0.29, 0.717) is 42.8 Å². The van der Waals surface area contributed by atoms with E-state index in [9.17, 15) is 27.6 Å².